The molecular weight excluding hydrogens is 268 g/mol. The highest BCUT2D eigenvalue weighted by Gasteiger charge is 2.30. The number of aliphatic carboxylic acids is 1. The van der Waals surface area contributed by atoms with Gasteiger partial charge in [-0.1, -0.05) is 42.7 Å². The van der Waals surface area contributed by atoms with Crippen molar-refractivity contribution < 1.29 is 14.7 Å². The summed E-state index contributed by atoms with van der Waals surface area (Å²) in [6.45, 7) is 2.93. The molecule has 0 bridgehead atoms. The number of carbonyl (C=O) groups is 2. The Labute approximate surface area is 125 Å². The van der Waals surface area contributed by atoms with Crippen molar-refractivity contribution in [2.24, 2.45) is 0 Å². The number of aryl methyl sites for hydroxylation is 1. The Morgan fingerprint density at radius 1 is 1.33 bits per heavy atom. The molecule has 0 aromatic heterocycles. The number of hydrogen-bond acceptors (Lipinski definition) is 2. The van der Waals surface area contributed by atoms with Gasteiger partial charge in [-0.05, 0) is 25.3 Å². The average Bonchev–Trinajstić information content (AvgIpc) is 2.70. The SMILES string of the molecule is Cc1cccc(CNC(=O)N2CCCCCC2C(=O)O)c1. The van der Waals surface area contributed by atoms with Crippen molar-refractivity contribution in [1.82, 2.24) is 10.2 Å². The molecule has 2 amide bonds. The lowest BCUT2D eigenvalue weighted by Gasteiger charge is -2.27. The van der Waals surface area contributed by atoms with E-state index in [0.29, 0.717) is 19.5 Å². The van der Waals surface area contributed by atoms with Crippen LogP contribution >= 0.6 is 0 Å². The van der Waals surface area contributed by atoms with Gasteiger partial charge in [-0.3, -0.25) is 0 Å². The topological polar surface area (TPSA) is 69.6 Å². The second kappa shape index (κ2) is 7.11. The van der Waals surface area contributed by atoms with Crippen LogP contribution in [0.4, 0.5) is 4.79 Å². The molecule has 0 radical (unpaired) electrons. The molecule has 1 saturated heterocycles. The number of nitrogens with one attached hydrogen (secondary N) is 1. The number of hydrogen-bond donors (Lipinski definition) is 2. The van der Waals surface area contributed by atoms with Crippen LogP contribution in [0.3, 0.4) is 0 Å². The third kappa shape index (κ3) is 4.21. The minimum atomic E-state index is -0.914. The summed E-state index contributed by atoms with van der Waals surface area (Å²) >= 11 is 0. The normalized spacial score (nSPS) is 18.9. The molecule has 2 rings (SSSR count). The number of rotatable bonds is 3. The van der Waals surface area contributed by atoms with Crippen LogP contribution in [0.25, 0.3) is 0 Å². The third-order valence-electron chi connectivity index (χ3n) is 3.82. The van der Waals surface area contributed by atoms with Crippen molar-refractivity contribution in [3.63, 3.8) is 0 Å². The molecule has 0 saturated carbocycles. The minimum absolute atomic E-state index is 0.286. The smallest absolute Gasteiger partial charge is 0.326 e. The van der Waals surface area contributed by atoms with Gasteiger partial charge in [0.2, 0.25) is 0 Å². The van der Waals surface area contributed by atoms with Crippen molar-refractivity contribution in [2.75, 3.05) is 6.54 Å². The van der Waals surface area contributed by atoms with E-state index in [2.05, 4.69) is 5.32 Å². The maximum absolute atomic E-state index is 12.3. The second-order valence-electron chi connectivity index (χ2n) is 5.54. The Bertz CT molecular complexity index is 516. The van der Waals surface area contributed by atoms with Crippen molar-refractivity contribution >= 4 is 12.0 Å². The molecule has 0 spiro atoms. The van der Waals surface area contributed by atoms with Gasteiger partial charge in [-0.2, -0.15) is 0 Å². The van der Waals surface area contributed by atoms with E-state index in [0.717, 1.165) is 30.4 Å². The number of benzene rings is 1. The first-order valence-corrected chi connectivity index (χ1v) is 7.41. The van der Waals surface area contributed by atoms with E-state index in [4.69, 9.17) is 0 Å². The summed E-state index contributed by atoms with van der Waals surface area (Å²) in [5, 5.41) is 12.1. The monoisotopic (exact) mass is 290 g/mol. The maximum Gasteiger partial charge on any atom is 0.326 e. The highest BCUT2D eigenvalue weighted by atomic mass is 16.4. The van der Waals surface area contributed by atoms with Gasteiger partial charge in [0.15, 0.2) is 0 Å². The van der Waals surface area contributed by atoms with Gasteiger partial charge in [0.1, 0.15) is 6.04 Å². The average molecular weight is 290 g/mol. The number of urea groups is 1. The number of carboxylic acid groups (broad SMARTS) is 1. The van der Waals surface area contributed by atoms with Crippen LogP contribution in [-0.4, -0.2) is 34.6 Å². The van der Waals surface area contributed by atoms with Crippen LogP contribution in [-0.2, 0) is 11.3 Å². The molecule has 5 heteroatoms. The summed E-state index contributed by atoms with van der Waals surface area (Å²) in [7, 11) is 0. The third-order valence-corrected chi connectivity index (χ3v) is 3.82. The molecule has 1 aromatic rings. The lowest BCUT2D eigenvalue weighted by molar-refractivity contribution is -0.142. The van der Waals surface area contributed by atoms with E-state index in [1.54, 1.807) is 0 Å². The summed E-state index contributed by atoms with van der Waals surface area (Å²) in [5.74, 6) is -0.914. The summed E-state index contributed by atoms with van der Waals surface area (Å²) in [6, 6.07) is 6.92. The van der Waals surface area contributed by atoms with Crippen molar-refractivity contribution in [3.8, 4) is 0 Å². The molecule has 114 valence electrons. The summed E-state index contributed by atoms with van der Waals surface area (Å²) in [5.41, 5.74) is 2.16. The van der Waals surface area contributed by atoms with E-state index in [9.17, 15) is 14.7 Å². The van der Waals surface area contributed by atoms with Gasteiger partial charge in [0, 0.05) is 13.1 Å². The predicted molar refractivity (Wildman–Crippen MR) is 80.0 cm³/mol. The molecule has 1 aromatic carbocycles. The molecule has 0 aliphatic carbocycles. The Balaban J connectivity index is 1.98. The van der Waals surface area contributed by atoms with Crippen molar-refractivity contribution in [2.45, 2.75) is 45.2 Å². The zero-order valence-corrected chi connectivity index (χ0v) is 12.3. The van der Waals surface area contributed by atoms with Gasteiger partial charge in [0.05, 0.1) is 0 Å². The number of carbonyl (C=O) groups excluding carboxylic acids is 1. The zero-order chi connectivity index (χ0) is 15.2. The Kier molecular flexibility index (Phi) is 5.20. The fraction of sp³-hybridized carbons (Fsp3) is 0.500. The largest absolute Gasteiger partial charge is 0.480 e. The standard InChI is InChI=1S/C16H22N2O3/c1-12-6-5-7-13(10-12)11-17-16(21)18-9-4-2-3-8-14(18)15(19)20/h5-7,10,14H,2-4,8-9,11H2,1H3,(H,17,21)(H,19,20). The van der Waals surface area contributed by atoms with E-state index in [-0.39, 0.29) is 6.03 Å². The molecule has 1 fully saturated rings. The van der Waals surface area contributed by atoms with Crippen LogP contribution in [0.15, 0.2) is 24.3 Å². The molecule has 1 aliphatic heterocycles. The van der Waals surface area contributed by atoms with E-state index in [1.807, 2.05) is 31.2 Å². The lowest BCUT2D eigenvalue weighted by atomic mass is 10.1. The fourth-order valence-corrected chi connectivity index (χ4v) is 2.71. The molecule has 5 nitrogen and oxygen atoms in total. The second-order valence-corrected chi connectivity index (χ2v) is 5.54. The molecule has 21 heavy (non-hydrogen) atoms. The molecule has 1 unspecified atom stereocenters. The van der Waals surface area contributed by atoms with Crippen LogP contribution in [0.5, 0.6) is 0 Å². The lowest BCUT2D eigenvalue weighted by Crippen LogP contribution is -2.49. The maximum atomic E-state index is 12.3. The number of carboxylic acids is 1. The fourth-order valence-electron chi connectivity index (χ4n) is 2.71. The molecule has 1 aliphatic rings. The minimum Gasteiger partial charge on any atom is -0.480 e. The Hall–Kier alpha value is -2.04. The molecule has 1 atom stereocenters. The quantitative estimate of drug-likeness (QED) is 0.898. The number of nitrogens with zero attached hydrogens (tertiary/aromatic N) is 1. The highest BCUT2D eigenvalue weighted by molar-refractivity contribution is 5.82. The number of amides is 2. The molecule has 1 heterocycles. The van der Waals surface area contributed by atoms with E-state index in [1.165, 1.54) is 4.90 Å². The van der Waals surface area contributed by atoms with Crippen LogP contribution < -0.4 is 5.32 Å². The van der Waals surface area contributed by atoms with Crippen LogP contribution in [0, 0.1) is 6.92 Å². The van der Waals surface area contributed by atoms with E-state index >= 15 is 0 Å². The first-order valence-electron chi connectivity index (χ1n) is 7.41. The van der Waals surface area contributed by atoms with Gasteiger partial charge in [-0.15, -0.1) is 0 Å². The van der Waals surface area contributed by atoms with Crippen molar-refractivity contribution in [3.05, 3.63) is 35.4 Å². The summed E-state index contributed by atoms with van der Waals surface area (Å²) < 4.78 is 0. The first kappa shape index (κ1) is 15.4. The van der Waals surface area contributed by atoms with Gasteiger partial charge >= 0.3 is 12.0 Å². The Morgan fingerprint density at radius 3 is 2.86 bits per heavy atom. The van der Waals surface area contributed by atoms with Gasteiger partial charge < -0.3 is 15.3 Å². The first-order chi connectivity index (χ1) is 10.1. The van der Waals surface area contributed by atoms with Crippen LogP contribution in [0.2, 0.25) is 0 Å². The predicted octanol–water partition coefficient (Wildman–Crippen LogP) is 2.53. The molecular formula is C16H22N2O3. The summed E-state index contributed by atoms with van der Waals surface area (Å²) in [4.78, 5) is 25.1. The van der Waals surface area contributed by atoms with Gasteiger partial charge in [-0.25, -0.2) is 9.59 Å². The van der Waals surface area contributed by atoms with E-state index < -0.39 is 12.0 Å². The Morgan fingerprint density at radius 2 is 2.14 bits per heavy atom. The van der Waals surface area contributed by atoms with Crippen LogP contribution in [0.1, 0.15) is 36.8 Å². The highest BCUT2D eigenvalue weighted by Crippen LogP contribution is 2.17. The summed E-state index contributed by atoms with van der Waals surface area (Å²) in [6.07, 6.45) is 3.24. The zero-order valence-electron chi connectivity index (χ0n) is 12.3. The molecule has 2 N–H and O–H groups in total. The van der Waals surface area contributed by atoms with Crippen molar-refractivity contribution in [1.29, 1.82) is 0 Å². The number of likely N-dealkylation sites (tertiary alicyclic amines) is 1. The van der Waals surface area contributed by atoms with Gasteiger partial charge in [0.25, 0.3) is 0 Å².